The molecule has 0 heterocycles. The molecule has 0 aliphatic carbocycles. The Morgan fingerprint density at radius 1 is 0.636 bits per heavy atom. The summed E-state index contributed by atoms with van der Waals surface area (Å²) in [5.41, 5.74) is 0. The summed E-state index contributed by atoms with van der Waals surface area (Å²) in [5, 5.41) is 10.2. The van der Waals surface area contributed by atoms with E-state index in [1.807, 2.05) is 0 Å². The lowest BCUT2D eigenvalue weighted by Gasteiger charge is -2.02. The second-order valence-electron chi connectivity index (χ2n) is 6.25. The van der Waals surface area contributed by atoms with E-state index < -0.39 is 0 Å². The van der Waals surface area contributed by atoms with E-state index in [2.05, 4.69) is 19.1 Å². The first-order valence-electron chi connectivity index (χ1n) is 9.72. The van der Waals surface area contributed by atoms with Gasteiger partial charge in [0.25, 0.3) is 0 Å². The maximum absolute atomic E-state index is 10.2. The number of allylic oxidation sites excluding steroid dienone is 2. The lowest BCUT2D eigenvalue weighted by molar-refractivity contribution is 0.0618. The number of rotatable bonds is 18. The minimum Gasteiger partial charge on any atom is -0.379 e. The average molecular weight is 312 g/mol. The van der Waals surface area contributed by atoms with Crippen LogP contribution >= 0.6 is 0 Å². The fourth-order valence-corrected chi connectivity index (χ4v) is 2.61. The van der Waals surface area contributed by atoms with Gasteiger partial charge in [0, 0.05) is 6.61 Å². The molecule has 0 saturated heterocycles. The zero-order valence-corrected chi connectivity index (χ0v) is 15.0. The molecule has 0 bridgehead atoms. The summed E-state index contributed by atoms with van der Waals surface area (Å²) in [6, 6.07) is 0. The van der Waals surface area contributed by atoms with Gasteiger partial charge < -0.3 is 4.74 Å². The topological polar surface area (TPSA) is 29.1 Å². The van der Waals surface area contributed by atoms with E-state index >= 15 is 0 Å². The largest absolute Gasteiger partial charge is 0.379 e. The molecule has 2 nitrogen and oxygen atoms in total. The van der Waals surface area contributed by atoms with Crippen LogP contribution in [0.3, 0.4) is 0 Å². The first-order valence-corrected chi connectivity index (χ1v) is 9.72. The van der Waals surface area contributed by atoms with E-state index in [9.17, 15) is 5.11 Å². The predicted molar refractivity (Wildman–Crippen MR) is 95.8 cm³/mol. The van der Waals surface area contributed by atoms with E-state index in [4.69, 9.17) is 4.74 Å². The summed E-state index contributed by atoms with van der Waals surface area (Å²) in [6.45, 7) is 3.31. The van der Waals surface area contributed by atoms with Crippen LogP contribution in [0.1, 0.15) is 96.8 Å². The highest BCUT2D eigenvalue weighted by Gasteiger charge is 1.92. The third-order valence-corrected chi connectivity index (χ3v) is 4.03. The minimum absolute atomic E-state index is 0.105. The molecule has 2 heteroatoms. The van der Waals surface area contributed by atoms with Gasteiger partial charge >= 0.3 is 0 Å². The third-order valence-electron chi connectivity index (χ3n) is 4.03. The van der Waals surface area contributed by atoms with Gasteiger partial charge in [0.2, 0.25) is 0 Å². The van der Waals surface area contributed by atoms with Crippen LogP contribution in [0.5, 0.6) is 0 Å². The van der Waals surface area contributed by atoms with Crippen LogP contribution in [0.4, 0.5) is 0 Å². The summed E-state index contributed by atoms with van der Waals surface area (Å²) >= 11 is 0. The molecule has 0 N–H and O–H groups in total. The van der Waals surface area contributed by atoms with E-state index in [0.717, 1.165) is 13.0 Å². The maximum Gasteiger partial charge on any atom is 0.106 e. The number of ether oxygens (including phenoxy) is 1. The van der Waals surface area contributed by atoms with Gasteiger partial charge in [-0.1, -0.05) is 76.9 Å². The number of hydrogen-bond acceptors (Lipinski definition) is 1. The quantitative estimate of drug-likeness (QED) is 0.211. The molecular weight excluding hydrogens is 272 g/mol. The summed E-state index contributed by atoms with van der Waals surface area (Å²) in [7, 11) is 0. The smallest absolute Gasteiger partial charge is 0.106 e. The zero-order chi connectivity index (χ0) is 16.1. The third kappa shape index (κ3) is 19.7. The van der Waals surface area contributed by atoms with Crippen molar-refractivity contribution in [2.75, 3.05) is 19.8 Å². The van der Waals surface area contributed by atoms with Crippen LogP contribution in [0.15, 0.2) is 12.2 Å². The lowest BCUT2D eigenvalue weighted by atomic mass is 10.1. The average Bonchev–Trinajstić information content (AvgIpc) is 2.54. The van der Waals surface area contributed by atoms with Crippen molar-refractivity contribution in [2.24, 2.45) is 0 Å². The van der Waals surface area contributed by atoms with Gasteiger partial charge in [0.05, 0.1) is 6.61 Å². The molecule has 0 aromatic carbocycles. The molecule has 1 radical (unpaired) electrons. The molecule has 131 valence electrons. The van der Waals surface area contributed by atoms with Crippen molar-refractivity contribution in [3.8, 4) is 0 Å². The first-order chi connectivity index (χ1) is 10.9. The van der Waals surface area contributed by atoms with Crippen LogP contribution in [0, 0.1) is 0 Å². The Labute approximate surface area is 139 Å². The van der Waals surface area contributed by atoms with E-state index in [-0.39, 0.29) is 6.61 Å². The van der Waals surface area contributed by atoms with Crippen molar-refractivity contribution in [1.29, 1.82) is 0 Å². The summed E-state index contributed by atoms with van der Waals surface area (Å²) in [6.07, 6.45) is 23.3. The van der Waals surface area contributed by atoms with Crippen molar-refractivity contribution >= 4 is 0 Å². The molecule has 0 spiro atoms. The normalized spacial score (nSPS) is 11.5. The monoisotopic (exact) mass is 311 g/mol. The molecular formula is C20H39O2. The van der Waals surface area contributed by atoms with Crippen LogP contribution < -0.4 is 0 Å². The standard InChI is InChI=1S/C20H39O2/c1-2-3-4-5-6-7-8-9-10-11-12-13-14-15-16-17-19-22-20-18-21/h9-10H,2-8,11-20H2,1H3/b10-9-. The number of unbranched alkanes of at least 4 members (excludes halogenated alkanes) is 12. The van der Waals surface area contributed by atoms with Crippen molar-refractivity contribution < 1.29 is 9.84 Å². The van der Waals surface area contributed by atoms with E-state index in [0.29, 0.717) is 6.61 Å². The summed E-state index contributed by atoms with van der Waals surface area (Å²) in [4.78, 5) is 0. The van der Waals surface area contributed by atoms with Gasteiger partial charge in [0.1, 0.15) is 6.61 Å². The Morgan fingerprint density at radius 2 is 1.14 bits per heavy atom. The molecule has 0 atom stereocenters. The van der Waals surface area contributed by atoms with Gasteiger partial charge in [-0.2, -0.15) is 0 Å². The minimum atomic E-state index is -0.105. The molecule has 0 saturated carbocycles. The fraction of sp³-hybridized carbons (Fsp3) is 0.900. The molecule has 0 fully saturated rings. The van der Waals surface area contributed by atoms with Crippen LogP contribution in [0.25, 0.3) is 0 Å². The van der Waals surface area contributed by atoms with Gasteiger partial charge in [-0.05, 0) is 32.1 Å². The molecule has 0 aromatic rings. The molecule has 22 heavy (non-hydrogen) atoms. The van der Waals surface area contributed by atoms with Crippen molar-refractivity contribution in [3.05, 3.63) is 12.2 Å². The molecule has 0 aromatic heterocycles. The molecule has 0 rings (SSSR count). The highest BCUT2D eigenvalue weighted by Crippen LogP contribution is 2.09. The van der Waals surface area contributed by atoms with Crippen LogP contribution in [-0.2, 0) is 9.84 Å². The zero-order valence-electron chi connectivity index (χ0n) is 15.0. The molecule has 0 unspecified atom stereocenters. The Bertz CT molecular complexity index is 214. The van der Waals surface area contributed by atoms with Gasteiger partial charge in [-0.3, -0.25) is 0 Å². The molecule has 0 aliphatic heterocycles. The fourth-order valence-electron chi connectivity index (χ4n) is 2.61. The Morgan fingerprint density at radius 3 is 1.68 bits per heavy atom. The predicted octanol–water partition coefficient (Wildman–Crippen LogP) is 6.47. The summed E-state index contributed by atoms with van der Waals surface area (Å²) in [5.74, 6) is 0. The van der Waals surface area contributed by atoms with Gasteiger partial charge in [0.15, 0.2) is 0 Å². The van der Waals surface area contributed by atoms with Crippen molar-refractivity contribution in [3.63, 3.8) is 0 Å². The highest BCUT2D eigenvalue weighted by atomic mass is 16.5. The van der Waals surface area contributed by atoms with E-state index in [1.54, 1.807) is 0 Å². The van der Waals surface area contributed by atoms with Crippen molar-refractivity contribution in [2.45, 2.75) is 96.8 Å². The van der Waals surface area contributed by atoms with Crippen LogP contribution in [-0.4, -0.2) is 19.8 Å². The molecule has 0 aliphatic rings. The lowest BCUT2D eigenvalue weighted by Crippen LogP contribution is -1.99. The maximum atomic E-state index is 10.2. The van der Waals surface area contributed by atoms with Gasteiger partial charge in [-0.25, -0.2) is 5.11 Å². The van der Waals surface area contributed by atoms with Crippen LogP contribution in [0.2, 0.25) is 0 Å². The molecule has 0 amide bonds. The second-order valence-corrected chi connectivity index (χ2v) is 6.25. The van der Waals surface area contributed by atoms with Gasteiger partial charge in [-0.15, -0.1) is 0 Å². The number of hydrogen-bond donors (Lipinski definition) is 0. The Balaban J connectivity index is 3.02. The Kier molecular flexibility index (Phi) is 20.3. The Hall–Kier alpha value is -0.340. The second kappa shape index (κ2) is 20.7. The highest BCUT2D eigenvalue weighted by molar-refractivity contribution is 4.81. The first kappa shape index (κ1) is 21.7. The van der Waals surface area contributed by atoms with E-state index in [1.165, 1.54) is 83.5 Å². The SMILES string of the molecule is CCCCCCCC/C=C\CCCCCCCCOCC[O]. The van der Waals surface area contributed by atoms with Crippen molar-refractivity contribution in [1.82, 2.24) is 0 Å². The summed E-state index contributed by atoms with van der Waals surface area (Å²) < 4.78 is 5.18.